The van der Waals surface area contributed by atoms with Gasteiger partial charge in [-0.05, 0) is 10.4 Å². The van der Waals surface area contributed by atoms with Gasteiger partial charge in [-0.1, -0.05) is 25.9 Å². The van der Waals surface area contributed by atoms with Crippen molar-refractivity contribution in [2.24, 2.45) is 26.5 Å². The Morgan fingerprint density at radius 3 is 2.65 bits per heavy atom. The molecule has 1 aromatic heterocycles. The molecule has 0 spiro atoms. The number of nitrogens with two attached hydrogens (primary N) is 1. The molecule has 2 heterocycles. The summed E-state index contributed by atoms with van der Waals surface area (Å²) in [7, 11) is 0. The number of rotatable bonds is 2. The predicted molar refractivity (Wildman–Crippen MR) is 63.7 cm³/mol. The summed E-state index contributed by atoms with van der Waals surface area (Å²) < 4.78 is 0. The molecular formula is C8H13N9. The third-order valence-electron chi connectivity index (χ3n) is 2.05. The lowest BCUT2D eigenvalue weighted by molar-refractivity contribution is 0.597. The fraction of sp³-hybridized carbons (Fsp3) is 0.500. The van der Waals surface area contributed by atoms with E-state index in [-0.39, 0.29) is 11.3 Å². The lowest BCUT2D eigenvalue weighted by atomic mass is 9.87. The standard InChI is InChI=1S/C8H13N9/c1-8(2,3)5-4(6(9)12-11-5)10-13-7-14-16-17-15-7/h1-3H3,(H2,9,10,12)(H2,13,14,15,16,17). The van der Waals surface area contributed by atoms with Crippen LogP contribution in [0.3, 0.4) is 0 Å². The quantitative estimate of drug-likeness (QED) is 0.608. The van der Waals surface area contributed by atoms with Crippen molar-refractivity contribution in [2.75, 3.05) is 5.43 Å². The molecule has 0 aromatic carbocycles. The zero-order valence-corrected chi connectivity index (χ0v) is 9.76. The molecule has 0 saturated carbocycles. The summed E-state index contributed by atoms with van der Waals surface area (Å²) in [5, 5.41) is 24.9. The summed E-state index contributed by atoms with van der Waals surface area (Å²) in [6.07, 6.45) is 0. The molecule has 0 unspecified atom stereocenters. The highest BCUT2D eigenvalue weighted by Gasteiger charge is 2.30. The summed E-state index contributed by atoms with van der Waals surface area (Å²) in [5.41, 5.74) is 9.40. The number of aromatic nitrogens is 4. The minimum atomic E-state index is -0.190. The lowest BCUT2D eigenvalue weighted by Crippen LogP contribution is -2.35. The van der Waals surface area contributed by atoms with Crippen molar-refractivity contribution in [3.05, 3.63) is 0 Å². The van der Waals surface area contributed by atoms with Gasteiger partial charge in [0.2, 0.25) is 0 Å². The van der Waals surface area contributed by atoms with Gasteiger partial charge in [-0.25, -0.2) is 10.5 Å². The molecule has 0 atom stereocenters. The van der Waals surface area contributed by atoms with Crippen LogP contribution < -0.4 is 11.2 Å². The van der Waals surface area contributed by atoms with Gasteiger partial charge >= 0.3 is 0 Å². The minimum absolute atomic E-state index is 0.190. The normalized spacial score (nSPS) is 18.2. The van der Waals surface area contributed by atoms with Crippen LogP contribution in [0, 0.1) is 5.41 Å². The highest BCUT2D eigenvalue weighted by Crippen LogP contribution is 2.20. The van der Waals surface area contributed by atoms with E-state index in [1.165, 1.54) is 0 Å². The Bertz CT molecular complexity index is 488. The third-order valence-corrected chi connectivity index (χ3v) is 2.05. The number of nitrogens with zero attached hydrogens (tertiary/aromatic N) is 6. The van der Waals surface area contributed by atoms with Crippen molar-refractivity contribution < 1.29 is 0 Å². The van der Waals surface area contributed by atoms with Gasteiger partial charge in [0.05, 0.1) is 5.71 Å². The molecule has 1 aromatic rings. The van der Waals surface area contributed by atoms with Crippen LogP contribution in [0.5, 0.6) is 0 Å². The van der Waals surface area contributed by atoms with Crippen LogP contribution in [0.15, 0.2) is 15.3 Å². The molecule has 0 saturated heterocycles. The van der Waals surface area contributed by atoms with E-state index in [1.807, 2.05) is 20.8 Å². The molecule has 4 N–H and O–H groups in total. The zero-order valence-electron chi connectivity index (χ0n) is 9.76. The Hall–Kier alpha value is -2.32. The number of hydrogen-bond donors (Lipinski definition) is 3. The van der Waals surface area contributed by atoms with Crippen molar-refractivity contribution >= 4 is 23.2 Å². The Morgan fingerprint density at radius 2 is 2.06 bits per heavy atom. The summed E-state index contributed by atoms with van der Waals surface area (Å²) in [5.74, 6) is 0.598. The van der Waals surface area contributed by atoms with Crippen LogP contribution in [0.4, 0.5) is 5.95 Å². The second-order valence-corrected chi connectivity index (χ2v) is 4.51. The molecule has 0 radical (unpaired) electrons. The van der Waals surface area contributed by atoms with Gasteiger partial charge in [0, 0.05) is 5.41 Å². The first kappa shape index (κ1) is 11.2. The Morgan fingerprint density at radius 1 is 1.29 bits per heavy atom. The van der Waals surface area contributed by atoms with Crippen molar-refractivity contribution in [3.8, 4) is 0 Å². The van der Waals surface area contributed by atoms with Crippen LogP contribution in [-0.4, -0.2) is 37.9 Å². The third kappa shape index (κ3) is 2.27. The van der Waals surface area contributed by atoms with Gasteiger partial charge in [0.1, 0.15) is 0 Å². The number of H-pyrrole nitrogens is 1. The van der Waals surface area contributed by atoms with Crippen LogP contribution in [0.2, 0.25) is 0 Å². The fourth-order valence-corrected chi connectivity index (χ4v) is 1.25. The van der Waals surface area contributed by atoms with E-state index in [4.69, 9.17) is 5.73 Å². The van der Waals surface area contributed by atoms with E-state index in [2.05, 4.69) is 41.4 Å². The maximum Gasteiger partial charge on any atom is 0.260 e. The maximum atomic E-state index is 5.71. The molecule has 17 heavy (non-hydrogen) atoms. The van der Waals surface area contributed by atoms with Crippen LogP contribution in [0.25, 0.3) is 0 Å². The molecule has 1 aliphatic rings. The molecule has 0 aliphatic carbocycles. The van der Waals surface area contributed by atoms with Gasteiger partial charge in [-0.15, -0.1) is 5.10 Å². The maximum absolute atomic E-state index is 5.71. The topological polar surface area (TPSA) is 130 Å². The predicted octanol–water partition coefficient (Wildman–Crippen LogP) is -0.259. The Balaban J connectivity index is 2.21. The van der Waals surface area contributed by atoms with E-state index < -0.39 is 0 Å². The van der Waals surface area contributed by atoms with Gasteiger partial charge < -0.3 is 5.73 Å². The zero-order chi connectivity index (χ0) is 12.5. The van der Waals surface area contributed by atoms with E-state index in [9.17, 15) is 0 Å². The highest BCUT2D eigenvalue weighted by molar-refractivity contribution is 6.70. The Kier molecular flexibility index (Phi) is 2.58. The first-order valence-electron chi connectivity index (χ1n) is 4.98. The van der Waals surface area contributed by atoms with Crippen LogP contribution in [-0.2, 0) is 0 Å². The molecule has 0 bridgehead atoms. The first-order valence-corrected chi connectivity index (χ1v) is 4.98. The SMILES string of the molecule is CC(C)(C)C1=NN=C(N)/C1=N/Nc1nnn[nH]1. The first-order chi connectivity index (χ1) is 7.98. The second-order valence-electron chi connectivity index (χ2n) is 4.51. The molecule has 0 fully saturated rings. The average Bonchev–Trinajstić information content (AvgIpc) is 2.83. The fourth-order valence-electron chi connectivity index (χ4n) is 1.25. The van der Waals surface area contributed by atoms with Gasteiger partial charge in [0.25, 0.3) is 5.95 Å². The largest absolute Gasteiger partial charge is 0.380 e. The highest BCUT2D eigenvalue weighted by atomic mass is 15.5. The number of hydrogen-bond acceptors (Lipinski definition) is 8. The summed E-state index contributed by atoms with van der Waals surface area (Å²) in [6, 6.07) is 0. The lowest BCUT2D eigenvalue weighted by Gasteiger charge is -2.17. The number of amidine groups is 1. The van der Waals surface area contributed by atoms with Gasteiger partial charge in [0.15, 0.2) is 11.5 Å². The molecule has 90 valence electrons. The average molecular weight is 235 g/mol. The number of anilines is 1. The second kappa shape index (κ2) is 3.92. The van der Waals surface area contributed by atoms with E-state index in [1.54, 1.807) is 0 Å². The molecule has 2 rings (SSSR count). The van der Waals surface area contributed by atoms with Crippen molar-refractivity contribution in [1.29, 1.82) is 0 Å². The van der Waals surface area contributed by atoms with E-state index >= 15 is 0 Å². The van der Waals surface area contributed by atoms with Crippen molar-refractivity contribution in [2.45, 2.75) is 20.8 Å². The van der Waals surface area contributed by atoms with Crippen molar-refractivity contribution in [3.63, 3.8) is 0 Å². The molecule has 9 nitrogen and oxygen atoms in total. The number of nitrogens with one attached hydrogen (secondary N) is 2. The van der Waals surface area contributed by atoms with E-state index in [0.717, 1.165) is 5.71 Å². The van der Waals surface area contributed by atoms with E-state index in [0.29, 0.717) is 11.7 Å². The van der Waals surface area contributed by atoms with Gasteiger partial charge in [-0.2, -0.15) is 10.2 Å². The minimum Gasteiger partial charge on any atom is -0.380 e. The summed E-state index contributed by atoms with van der Waals surface area (Å²) in [6.45, 7) is 6.02. The number of hydrazone groups is 1. The van der Waals surface area contributed by atoms with Crippen LogP contribution in [0.1, 0.15) is 20.8 Å². The Labute approximate surface area is 97.3 Å². The smallest absolute Gasteiger partial charge is 0.260 e. The molecular weight excluding hydrogens is 222 g/mol. The van der Waals surface area contributed by atoms with Crippen LogP contribution >= 0.6 is 0 Å². The molecule has 9 heteroatoms. The van der Waals surface area contributed by atoms with Gasteiger partial charge in [-0.3, -0.25) is 0 Å². The molecule has 1 aliphatic heterocycles. The van der Waals surface area contributed by atoms with Crippen molar-refractivity contribution in [1.82, 2.24) is 20.6 Å². The number of tetrazole rings is 1. The summed E-state index contributed by atoms with van der Waals surface area (Å²) in [4.78, 5) is 0. The number of aromatic amines is 1. The summed E-state index contributed by atoms with van der Waals surface area (Å²) >= 11 is 0. The monoisotopic (exact) mass is 235 g/mol. The molecule has 0 amide bonds.